The third-order valence-electron chi connectivity index (χ3n) is 16.6. The van der Waals surface area contributed by atoms with Crippen LogP contribution < -0.4 is 25.8 Å². The van der Waals surface area contributed by atoms with Gasteiger partial charge in [0, 0.05) is 137 Å². The zero-order valence-corrected chi connectivity index (χ0v) is 51.0. The van der Waals surface area contributed by atoms with Crippen LogP contribution in [0.1, 0.15) is 133 Å². The Kier molecular flexibility index (Phi) is 34.5. The maximum absolute atomic E-state index is 12.4. The monoisotopic (exact) mass is 1220 g/mol. The number of amides is 3. The number of carboxylic acids is 3. The van der Waals surface area contributed by atoms with E-state index in [1.54, 1.807) is 0 Å². The number of carboxylic acid groups (broad SMARTS) is 3. The predicted molar refractivity (Wildman–Crippen MR) is 323 cm³/mol. The Balaban J connectivity index is 1.02. The van der Waals surface area contributed by atoms with Crippen LogP contribution in [-0.2, 0) is 46.7 Å². The summed E-state index contributed by atoms with van der Waals surface area (Å²) >= 11 is 0. The van der Waals surface area contributed by atoms with Crippen LogP contribution in [0.25, 0.3) is 0 Å². The summed E-state index contributed by atoms with van der Waals surface area (Å²) in [6.07, 6.45) is 14.0. The van der Waals surface area contributed by atoms with Gasteiger partial charge in [-0.1, -0.05) is 69.7 Å². The van der Waals surface area contributed by atoms with E-state index >= 15 is 0 Å². The molecule has 0 radical (unpaired) electrons. The summed E-state index contributed by atoms with van der Waals surface area (Å²) in [6, 6.07) is 5.20. The maximum Gasteiger partial charge on any atom is 0.326 e. The number of piperazine rings is 1. The highest BCUT2D eigenvalue weighted by atomic mass is 17.1. The fourth-order valence-electron chi connectivity index (χ4n) is 11.3. The summed E-state index contributed by atoms with van der Waals surface area (Å²) in [5.74, 6) is -1.70. The van der Waals surface area contributed by atoms with E-state index < -0.39 is 42.4 Å². The molecule has 9 N–H and O–H groups in total. The molecule has 486 valence electrons. The standard InChI is InChI=1S/C59H101N13O14/c1-2-66-28-29-68(38-41-84-81)30-31-69(39-42-85-82)32-35-70(40-43-86-83)49(46-66)44-47-18-20-48(21-19-47)45-52-63-57(71-26-14-9-15-27-71)65-58(64-52)72-36-33-67(34-37-72)25-13-8-6-4-3-5-7-10-17-53(73)60-24-12-11-16-50(55(76)77)61-59(80)62-51(56(78)79)22-23-54(74)75/h18-21,49-51,81-83H,2-17,22-46H2,1H3,(H,60,73)(H,74,75)(H,76,77)(H,78,79)(H2,61,62,80)/t49?,50-,51-/m0/s1. The molecule has 27 nitrogen and oxygen atoms in total. The van der Waals surface area contributed by atoms with Crippen molar-refractivity contribution in [3.8, 4) is 0 Å². The van der Waals surface area contributed by atoms with E-state index in [-0.39, 0.29) is 44.6 Å². The van der Waals surface area contributed by atoms with E-state index in [9.17, 15) is 44.7 Å². The molecule has 5 rings (SSSR count). The number of unbranched alkanes of at least 4 members (excludes halogenated alkanes) is 8. The third kappa shape index (κ3) is 28.1. The van der Waals surface area contributed by atoms with E-state index in [1.165, 1.54) is 24.8 Å². The minimum atomic E-state index is -1.47. The van der Waals surface area contributed by atoms with Crippen molar-refractivity contribution in [2.24, 2.45) is 0 Å². The van der Waals surface area contributed by atoms with Crippen LogP contribution in [0.5, 0.6) is 0 Å². The Bertz CT molecular complexity index is 2250. The van der Waals surface area contributed by atoms with Gasteiger partial charge in [-0.3, -0.25) is 45.0 Å². The number of nitrogens with one attached hydrogen (secondary N) is 3. The minimum Gasteiger partial charge on any atom is -0.481 e. The molecule has 0 spiro atoms. The van der Waals surface area contributed by atoms with Crippen LogP contribution in [-0.4, -0.2) is 263 Å². The predicted octanol–water partition coefficient (Wildman–Crippen LogP) is 4.06. The van der Waals surface area contributed by atoms with Crippen LogP contribution in [0.15, 0.2) is 24.3 Å². The van der Waals surface area contributed by atoms with Crippen molar-refractivity contribution in [1.29, 1.82) is 0 Å². The van der Waals surface area contributed by atoms with Gasteiger partial charge in [0.2, 0.25) is 17.8 Å². The molecule has 0 saturated carbocycles. The van der Waals surface area contributed by atoms with Crippen LogP contribution in [0, 0.1) is 0 Å². The minimum absolute atomic E-state index is 0.0554. The molecule has 4 heterocycles. The first-order valence-electron chi connectivity index (χ1n) is 31.5. The van der Waals surface area contributed by atoms with Crippen molar-refractivity contribution in [2.45, 2.75) is 147 Å². The van der Waals surface area contributed by atoms with Crippen molar-refractivity contribution in [3.63, 3.8) is 0 Å². The molecular weight excluding hydrogens is 1110 g/mol. The number of urea groups is 1. The van der Waals surface area contributed by atoms with E-state index in [2.05, 4.69) is 96.1 Å². The molecule has 0 aliphatic carbocycles. The Morgan fingerprint density at radius 3 is 1.64 bits per heavy atom. The first kappa shape index (κ1) is 71.3. The lowest BCUT2D eigenvalue weighted by Gasteiger charge is -2.38. The fourth-order valence-corrected chi connectivity index (χ4v) is 11.3. The molecule has 27 heteroatoms. The van der Waals surface area contributed by atoms with Gasteiger partial charge in [0.15, 0.2) is 0 Å². The molecule has 3 saturated heterocycles. The summed E-state index contributed by atoms with van der Waals surface area (Å²) in [6.45, 7) is 17.8. The Hall–Kier alpha value is -5.46. The van der Waals surface area contributed by atoms with Gasteiger partial charge < -0.3 is 46.0 Å². The highest BCUT2D eigenvalue weighted by Crippen LogP contribution is 2.23. The van der Waals surface area contributed by atoms with Gasteiger partial charge >= 0.3 is 23.9 Å². The quantitative estimate of drug-likeness (QED) is 0.0259. The number of aromatic nitrogens is 3. The average Bonchev–Trinajstić information content (AvgIpc) is 3.39. The summed E-state index contributed by atoms with van der Waals surface area (Å²) in [7, 11) is 0. The number of nitrogens with zero attached hydrogens (tertiary/aromatic N) is 10. The third-order valence-corrected chi connectivity index (χ3v) is 16.6. The first-order chi connectivity index (χ1) is 41.8. The number of hydrogen-bond acceptors (Lipinski definition) is 21. The number of carbonyl (C=O) groups is 5. The lowest BCUT2D eigenvalue weighted by molar-refractivity contribution is -0.246. The SMILES string of the molecule is CCN1CCN(CCOO)CCN(CCOO)CCN(CCOO)C(Cc2ccc(Cc3nc(N4CCCCC4)nc(N4CCN(CCCCCCCCCCC(=O)NCCCC[C@H](NC(=O)N[C@@H](CCC(=O)O)C(=O)O)C(=O)O)CC4)n3)cc2)C1. The number of carbonyl (C=O) groups excluding carboxylic acids is 2. The highest BCUT2D eigenvalue weighted by molar-refractivity contribution is 5.86. The normalized spacial score (nSPS) is 18.2. The lowest BCUT2D eigenvalue weighted by atomic mass is 10.0. The van der Waals surface area contributed by atoms with Crippen LogP contribution in [0.3, 0.4) is 0 Å². The van der Waals surface area contributed by atoms with Gasteiger partial charge in [0.1, 0.15) is 17.9 Å². The average molecular weight is 1220 g/mol. The molecule has 3 aliphatic heterocycles. The molecule has 0 bridgehead atoms. The van der Waals surface area contributed by atoms with E-state index in [1.807, 2.05) is 0 Å². The Morgan fingerprint density at radius 1 is 0.547 bits per heavy atom. The zero-order chi connectivity index (χ0) is 61.7. The summed E-state index contributed by atoms with van der Waals surface area (Å²) in [5.41, 5.74) is 2.34. The number of aliphatic carboxylic acids is 3. The van der Waals surface area contributed by atoms with Crippen molar-refractivity contribution in [2.75, 3.05) is 154 Å². The van der Waals surface area contributed by atoms with Gasteiger partial charge in [-0.15, -0.1) is 0 Å². The summed E-state index contributed by atoms with van der Waals surface area (Å²) in [4.78, 5) is 104. The zero-order valence-electron chi connectivity index (χ0n) is 51.0. The van der Waals surface area contributed by atoms with Crippen molar-refractivity contribution >= 4 is 41.7 Å². The van der Waals surface area contributed by atoms with Crippen molar-refractivity contribution in [3.05, 3.63) is 41.2 Å². The van der Waals surface area contributed by atoms with Gasteiger partial charge in [0.05, 0.1) is 19.8 Å². The molecule has 86 heavy (non-hydrogen) atoms. The number of piperidine rings is 1. The number of rotatable bonds is 39. The first-order valence-corrected chi connectivity index (χ1v) is 31.5. The topological polar surface area (TPSA) is 332 Å². The fraction of sp³-hybridized carbons (Fsp3) is 0.763. The molecule has 3 aliphatic rings. The molecular formula is C59H101N13O14. The van der Waals surface area contributed by atoms with E-state index in [0.717, 1.165) is 179 Å². The largest absolute Gasteiger partial charge is 0.481 e. The van der Waals surface area contributed by atoms with Gasteiger partial charge in [-0.2, -0.15) is 15.0 Å². The molecule has 1 aromatic heterocycles. The molecule has 1 aromatic carbocycles. The molecule has 3 amide bonds. The van der Waals surface area contributed by atoms with Crippen LogP contribution in [0.2, 0.25) is 0 Å². The van der Waals surface area contributed by atoms with Crippen molar-refractivity contribution in [1.82, 2.24) is 55.4 Å². The second-order valence-corrected chi connectivity index (χ2v) is 22.9. The molecule has 2 aromatic rings. The number of anilines is 2. The molecule has 3 fully saturated rings. The number of benzene rings is 1. The lowest BCUT2D eigenvalue weighted by Crippen LogP contribution is -2.52. The summed E-state index contributed by atoms with van der Waals surface area (Å²) in [5, 5.41) is 62.5. The van der Waals surface area contributed by atoms with Gasteiger partial charge in [0.25, 0.3) is 0 Å². The van der Waals surface area contributed by atoms with E-state index in [0.29, 0.717) is 51.9 Å². The number of hydrogen-bond donors (Lipinski definition) is 9. The Labute approximate surface area is 507 Å². The van der Waals surface area contributed by atoms with Crippen molar-refractivity contribution < 1.29 is 69.7 Å². The van der Waals surface area contributed by atoms with Gasteiger partial charge in [-0.05, 0) is 88.4 Å². The highest BCUT2D eigenvalue weighted by Gasteiger charge is 2.28. The molecule has 1 unspecified atom stereocenters. The second-order valence-electron chi connectivity index (χ2n) is 22.9. The Morgan fingerprint density at radius 2 is 1.06 bits per heavy atom. The van der Waals surface area contributed by atoms with E-state index in [4.69, 9.17) is 25.3 Å². The number of likely N-dealkylation sites (N-methyl/N-ethyl adjacent to an activating group) is 1. The summed E-state index contributed by atoms with van der Waals surface area (Å²) < 4.78 is 0. The second kappa shape index (κ2) is 41.6. The smallest absolute Gasteiger partial charge is 0.326 e. The maximum atomic E-state index is 12.4. The molecule has 3 atom stereocenters. The van der Waals surface area contributed by atoms with Crippen LogP contribution in [0.4, 0.5) is 16.7 Å². The van der Waals surface area contributed by atoms with Gasteiger partial charge in [-0.25, -0.2) is 29.0 Å². The van der Waals surface area contributed by atoms with Crippen LogP contribution >= 0.6 is 0 Å².